The molecule has 4 rings (SSSR count). The van der Waals surface area contributed by atoms with E-state index in [1.807, 2.05) is 42.2 Å². The van der Waals surface area contributed by atoms with E-state index in [4.69, 9.17) is 22.0 Å². The fourth-order valence-electron chi connectivity index (χ4n) is 4.00. The smallest absolute Gasteiger partial charge is 0.272 e. The number of halogens is 1. The van der Waals surface area contributed by atoms with Gasteiger partial charge in [-0.15, -0.1) is 0 Å². The van der Waals surface area contributed by atoms with Gasteiger partial charge in [-0.2, -0.15) is 10.4 Å². The van der Waals surface area contributed by atoms with Crippen LogP contribution >= 0.6 is 11.6 Å². The number of aromatic nitrogens is 2. The molecule has 2 aromatic carbocycles. The number of amides is 1. The van der Waals surface area contributed by atoms with E-state index in [-0.39, 0.29) is 11.9 Å². The van der Waals surface area contributed by atoms with Crippen molar-refractivity contribution in [3.8, 4) is 17.3 Å². The number of hydrogen-bond donors (Lipinski definition) is 0. The molecule has 1 atom stereocenters. The van der Waals surface area contributed by atoms with Gasteiger partial charge in [-0.05, 0) is 68.4 Å². The van der Waals surface area contributed by atoms with Gasteiger partial charge < -0.3 is 15.2 Å². The monoisotopic (exact) mass is 448 g/mol. The first kappa shape index (κ1) is 22.0. The van der Waals surface area contributed by atoms with Crippen LogP contribution in [-0.2, 0) is 13.0 Å². The van der Waals surface area contributed by atoms with Crippen LogP contribution in [0.2, 0.25) is 5.02 Å². The standard InChI is InChI=1S/C24H23ClN5O2/c1-16-14-29(15-18-5-3-17(13-26)4-6-18)24(31)23-12-22(27-30(16)23)21-8-7-20(25)11-19(21)9-10-28(2)32/h3-8,11-12,16H,9-10,14-15H2,1-2H3/q-1/t16-/m0/s1. The molecule has 32 heavy (non-hydrogen) atoms. The minimum Gasteiger partial charge on any atom is -0.785 e. The Morgan fingerprint density at radius 2 is 2.00 bits per heavy atom. The summed E-state index contributed by atoms with van der Waals surface area (Å²) in [5, 5.41) is 26.6. The molecule has 0 bridgehead atoms. The minimum atomic E-state index is -0.0824. The molecule has 0 saturated carbocycles. The maximum Gasteiger partial charge on any atom is 0.272 e. The lowest BCUT2D eigenvalue weighted by molar-refractivity contribution is 0.0651. The van der Waals surface area contributed by atoms with Crippen molar-refractivity contribution in [3.63, 3.8) is 0 Å². The molecule has 1 amide bonds. The third-order valence-corrected chi connectivity index (χ3v) is 5.88. The highest BCUT2D eigenvalue weighted by Gasteiger charge is 2.31. The third-order valence-electron chi connectivity index (χ3n) is 5.64. The van der Waals surface area contributed by atoms with Crippen molar-refractivity contribution >= 4 is 17.5 Å². The summed E-state index contributed by atoms with van der Waals surface area (Å²) in [7, 11) is 1.49. The Kier molecular flexibility index (Phi) is 6.28. The molecule has 164 valence electrons. The van der Waals surface area contributed by atoms with Crippen LogP contribution in [0, 0.1) is 16.5 Å². The summed E-state index contributed by atoms with van der Waals surface area (Å²) in [5.41, 5.74) is 4.59. The van der Waals surface area contributed by atoms with E-state index in [1.165, 1.54) is 7.05 Å². The van der Waals surface area contributed by atoms with Crippen LogP contribution in [0.15, 0.2) is 48.5 Å². The first-order valence-electron chi connectivity index (χ1n) is 10.4. The topological polar surface area (TPSA) is 88.2 Å². The van der Waals surface area contributed by atoms with Crippen LogP contribution in [0.4, 0.5) is 0 Å². The van der Waals surface area contributed by atoms with Crippen LogP contribution < -0.4 is 0 Å². The summed E-state index contributed by atoms with van der Waals surface area (Å²) in [5.74, 6) is -0.0824. The molecule has 0 aliphatic carbocycles. The van der Waals surface area contributed by atoms with E-state index in [1.54, 1.807) is 22.9 Å². The van der Waals surface area contributed by atoms with E-state index in [0.717, 1.165) is 21.8 Å². The Morgan fingerprint density at radius 3 is 2.69 bits per heavy atom. The van der Waals surface area contributed by atoms with Crippen molar-refractivity contribution in [1.29, 1.82) is 5.26 Å². The normalized spacial score (nSPS) is 15.7. The van der Waals surface area contributed by atoms with Gasteiger partial charge in [-0.3, -0.25) is 9.48 Å². The number of hydrogen-bond acceptors (Lipinski definition) is 5. The minimum absolute atomic E-state index is 0.0124. The zero-order valence-corrected chi connectivity index (χ0v) is 18.7. The Balaban J connectivity index is 1.62. The summed E-state index contributed by atoms with van der Waals surface area (Å²) < 4.78 is 1.78. The molecule has 2 heterocycles. The highest BCUT2D eigenvalue weighted by atomic mass is 35.5. The lowest BCUT2D eigenvalue weighted by atomic mass is 10.0. The number of nitriles is 1. The zero-order chi connectivity index (χ0) is 22.8. The van der Waals surface area contributed by atoms with Gasteiger partial charge in [0.05, 0.1) is 23.4 Å². The molecular weight excluding hydrogens is 426 g/mol. The van der Waals surface area contributed by atoms with Gasteiger partial charge >= 0.3 is 0 Å². The highest BCUT2D eigenvalue weighted by Crippen LogP contribution is 2.30. The summed E-state index contributed by atoms with van der Waals surface area (Å²) in [6.07, 6.45) is 0.534. The SMILES string of the molecule is C[C@H]1CN(Cc2ccc(C#N)cc2)C(=O)c2cc(-c3ccc(Cl)cc3CCN(C)[O-])nn21. The highest BCUT2D eigenvalue weighted by molar-refractivity contribution is 6.30. The summed E-state index contributed by atoms with van der Waals surface area (Å²) in [6, 6.07) is 16.7. The maximum atomic E-state index is 13.2. The van der Waals surface area contributed by atoms with Crippen LogP contribution in [0.25, 0.3) is 11.3 Å². The molecular formula is C24H23ClN5O2-. The number of fused-ring (bicyclic) bond motifs is 1. The first-order valence-corrected chi connectivity index (χ1v) is 10.8. The predicted molar refractivity (Wildman–Crippen MR) is 123 cm³/mol. The fourth-order valence-corrected chi connectivity index (χ4v) is 4.20. The molecule has 1 aliphatic rings. The Hall–Kier alpha value is -3.18. The number of benzene rings is 2. The molecule has 0 radical (unpaired) electrons. The molecule has 7 nitrogen and oxygen atoms in total. The molecule has 3 aromatic rings. The Morgan fingerprint density at radius 1 is 1.25 bits per heavy atom. The molecule has 1 aromatic heterocycles. The van der Waals surface area contributed by atoms with Gasteiger partial charge in [-0.25, -0.2) is 0 Å². The molecule has 0 fully saturated rings. The van der Waals surface area contributed by atoms with Crippen molar-refractivity contribution in [2.24, 2.45) is 0 Å². The fraction of sp³-hybridized carbons (Fsp3) is 0.292. The average molecular weight is 449 g/mol. The van der Waals surface area contributed by atoms with E-state index in [9.17, 15) is 10.0 Å². The van der Waals surface area contributed by atoms with E-state index < -0.39 is 0 Å². The van der Waals surface area contributed by atoms with Crippen LogP contribution in [0.3, 0.4) is 0 Å². The van der Waals surface area contributed by atoms with Crippen LogP contribution in [-0.4, -0.2) is 45.8 Å². The summed E-state index contributed by atoms with van der Waals surface area (Å²) in [6.45, 7) is 3.39. The predicted octanol–water partition coefficient (Wildman–Crippen LogP) is 4.26. The number of carbonyl (C=O) groups excluding carboxylic acids is 1. The number of rotatable bonds is 6. The molecule has 0 N–H and O–H groups in total. The summed E-state index contributed by atoms with van der Waals surface area (Å²) in [4.78, 5) is 15.0. The van der Waals surface area contributed by atoms with Crippen LogP contribution in [0.1, 0.15) is 40.1 Å². The van der Waals surface area contributed by atoms with E-state index in [2.05, 4.69) is 6.07 Å². The van der Waals surface area contributed by atoms with Crippen molar-refractivity contribution < 1.29 is 4.79 Å². The second-order valence-electron chi connectivity index (χ2n) is 8.11. The molecule has 1 aliphatic heterocycles. The van der Waals surface area contributed by atoms with Gasteiger partial charge in [0.2, 0.25) is 0 Å². The average Bonchev–Trinajstić information content (AvgIpc) is 3.22. The van der Waals surface area contributed by atoms with E-state index >= 15 is 0 Å². The number of likely N-dealkylation sites (N-methyl/N-ethyl adjacent to an activating group) is 1. The largest absolute Gasteiger partial charge is 0.785 e. The first-order chi connectivity index (χ1) is 15.4. The van der Waals surface area contributed by atoms with Crippen molar-refractivity contribution in [3.05, 3.63) is 81.1 Å². The second-order valence-corrected chi connectivity index (χ2v) is 8.54. The quantitative estimate of drug-likeness (QED) is 0.525. The van der Waals surface area contributed by atoms with Crippen molar-refractivity contribution in [2.75, 3.05) is 20.1 Å². The second kappa shape index (κ2) is 9.13. The number of hydroxylamine groups is 2. The van der Waals surface area contributed by atoms with Gasteiger partial charge in [0, 0.05) is 23.7 Å². The number of carbonyl (C=O) groups is 1. The number of nitrogens with zero attached hydrogens (tertiary/aromatic N) is 5. The van der Waals surface area contributed by atoms with Gasteiger partial charge in [0.25, 0.3) is 5.91 Å². The molecule has 0 saturated heterocycles. The van der Waals surface area contributed by atoms with Crippen molar-refractivity contribution in [1.82, 2.24) is 19.7 Å². The van der Waals surface area contributed by atoms with Crippen LogP contribution in [0.5, 0.6) is 0 Å². The van der Waals surface area contributed by atoms with Gasteiger partial charge in [-0.1, -0.05) is 29.8 Å². The third kappa shape index (κ3) is 4.53. The maximum absolute atomic E-state index is 13.2. The Bertz CT molecular complexity index is 1180. The molecule has 8 heteroatoms. The molecule has 0 spiro atoms. The van der Waals surface area contributed by atoms with Gasteiger partial charge in [0.1, 0.15) is 5.69 Å². The lowest BCUT2D eigenvalue weighted by Crippen LogP contribution is -2.41. The van der Waals surface area contributed by atoms with E-state index in [0.29, 0.717) is 48.0 Å². The lowest BCUT2D eigenvalue weighted by Gasteiger charge is -2.31. The summed E-state index contributed by atoms with van der Waals surface area (Å²) >= 11 is 6.19. The Labute approximate surface area is 192 Å². The zero-order valence-electron chi connectivity index (χ0n) is 18.0. The van der Waals surface area contributed by atoms with Crippen molar-refractivity contribution in [2.45, 2.75) is 25.9 Å². The van der Waals surface area contributed by atoms with Gasteiger partial charge in [0.15, 0.2) is 0 Å². The molecule has 0 unspecified atom stereocenters.